The van der Waals surface area contributed by atoms with Crippen molar-refractivity contribution in [3.8, 4) is 0 Å². The summed E-state index contributed by atoms with van der Waals surface area (Å²) in [6.07, 6.45) is -0.0922. The summed E-state index contributed by atoms with van der Waals surface area (Å²) in [5, 5.41) is 10.5. The van der Waals surface area contributed by atoms with Gasteiger partial charge in [-0.25, -0.2) is 5.01 Å². The number of nitrogens with zero attached hydrogens (tertiary/aromatic N) is 1. The van der Waals surface area contributed by atoms with Crippen LogP contribution in [0.15, 0.2) is 0 Å². The van der Waals surface area contributed by atoms with Crippen molar-refractivity contribution in [2.75, 3.05) is 13.1 Å². The smallest absolute Gasteiger partial charge is 0.303 e. The van der Waals surface area contributed by atoms with Crippen LogP contribution in [-0.4, -0.2) is 35.1 Å². The van der Waals surface area contributed by atoms with Gasteiger partial charge in [-0.2, -0.15) is 0 Å². The van der Waals surface area contributed by atoms with E-state index >= 15 is 0 Å². The van der Waals surface area contributed by atoms with Crippen molar-refractivity contribution >= 4 is 11.9 Å². The molecule has 1 saturated heterocycles. The van der Waals surface area contributed by atoms with Gasteiger partial charge < -0.3 is 5.11 Å². The van der Waals surface area contributed by atoms with Gasteiger partial charge in [0.1, 0.15) is 0 Å². The number of hydrazine groups is 1. The molecule has 2 N–H and O–H groups in total. The fourth-order valence-electron chi connectivity index (χ4n) is 2.90. The zero-order valence-corrected chi connectivity index (χ0v) is 12.6. The second-order valence-corrected chi connectivity index (χ2v) is 6.98. The van der Waals surface area contributed by atoms with E-state index in [9.17, 15) is 9.59 Å². The van der Waals surface area contributed by atoms with Crippen LogP contribution in [0.2, 0.25) is 0 Å². The van der Waals surface area contributed by atoms with Crippen LogP contribution in [0.1, 0.15) is 47.5 Å². The predicted octanol–water partition coefficient (Wildman–Crippen LogP) is 1.89. The molecule has 0 aromatic rings. The van der Waals surface area contributed by atoms with E-state index in [2.05, 4.69) is 40.0 Å². The molecule has 1 heterocycles. The third-order valence-electron chi connectivity index (χ3n) is 4.39. The first-order chi connectivity index (χ1) is 8.54. The minimum absolute atomic E-state index is 0.0300. The van der Waals surface area contributed by atoms with Crippen molar-refractivity contribution in [3.63, 3.8) is 0 Å². The Morgan fingerprint density at radius 1 is 1.16 bits per heavy atom. The molecule has 0 saturated carbocycles. The van der Waals surface area contributed by atoms with Crippen LogP contribution < -0.4 is 5.43 Å². The van der Waals surface area contributed by atoms with Crippen molar-refractivity contribution < 1.29 is 14.7 Å². The Bertz CT molecular complexity index is 346. The summed E-state index contributed by atoms with van der Waals surface area (Å²) in [6.45, 7) is 12.6. The van der Waals surface area contributed by atoms with Crippen molar-refractivity contribution in [2.24, 2.45) is 16.7 Å². The van der Waals surface area contributed by atoms with Crippen molar-refractivity contribution in [2.45, 2.75) is 47.5 Å². The molecule has 0 atom stereocenters. The minimum Gasteiger partial charge on any atom is -0.481 e. The Morgan fingerprint density at radius 2 is 1.63 bits per heavy atom. The molecule has 19 heavy (non-hydrogen) atoms. The summed E-state index contributed by atoms with van der Waals surface area (Å²) in [5.41, 5.74) is 3.06. The lowest BCUT2D eigenvalue weighted by Crippen LogP contribution is -2.59. The zero-order chi connectivity index (χ0) is 14.8. The normalized spacial score (nSPS) is 23.0. The topological polar surface area (TPSA) is 69.6 Å². The number of hydrogen-bond acceptors (Lipinski definition) is 3. The molecule has 1 amide bonds. The molecule has 1 aliphatic rings. The van der Waals surface area contributed by atoms with E-state index in [-0.39, 0.29) is 29.6 Å². The van der Waals surface area contributed by atoms with Gasteiger partial charge in [0.25, 0.3) is 0 Å². The second-order valence-electron chi connectivity index (χ2n) is 6.98. The van der Waals surface area contributed by atoms with Crippen molar-refractivity contribution in [1.82, 2.24) is 10.4 Å². The number of rotatable bonds is 4. The number of carboxylic acid groups (broad SMARTS) is 1. The fraction of sp³-hybridized carbons (Fsp3) is 0.857. The van der Waals surface area contributed by atoms with Crippen LogP contribution in [0.3, 0.4) is 0 Å². The second kappa shape index (κ2) is 5.49. The number of aliphatic carboxylic acids is 1. The summed E-state index contributed by atoms with van der Waals surface area (Å²) < 4.78 is 0. The first kappa shape index (κ1) is 16.0. The molecule has 1 fully saturated rings. The monoisotopic (exact) mass is 270 g/mol. The zero-order valence-electron chi connectivity index (χ0n) is 12.6. The third kappa shape index (κ3) is 4.20. The summed E-state index contributed by atoms with van der Waals surface area (Å²) in [4.78, 5) is 22.2. The molecule has 1 aliphatic heterocycles. The molecule has 0 spiro atoms. The average molecular weight is 270 g/mol. The number of piperidine rings is 1. The highest BCUT2D eigenvalue weighted by Crippen LogP contribution is 2.44. The highest BCUT2D eigenvalue weighted by Gasteiger charge is 2.44. The van der Waals surface area contributed by atoms with Crippen LogP contribution in [0.25, 0.3) is 0 Å². The van der Waals surface area contributed by atoms with E-state index in [1.54, 1.807) is 0 Å². The van der Waals surface area contributed by atoms with Crippen LogP contribution >= 0.6 is 0 Å². The number of amides is 1. The standard InChI is InChI=1S/C14H26N2O3/c1-10-13(2,3)8-16(9-14(10,4)5)15-11(17)6-7-12(18)19/h10H,6-9H2,1-5H3,(H,15,17)(H,18,19). The van der Waals surface area contributed by atoms with Gasteiger partial charge in [0.2, 0.25) is 5.91 Å². The van der Waals surface area contributed by atoms with Gasteiger partial charge in [-0.15, -0.1) is 0 Å². The predicted molar refractivity (Wildman–Crippen MR) is 73.3 cm³/mol. The molecule has 5 nitrogen and oxygen atoms in total. The average Bonchev–Trinajstić information content (AvgIpc) is 2.22. The lowest BCUT2D eigenvalue weighted by Gasteiger charge is -2.52. The Balaban J connectivity index is 2.60. The van der Waals surface area contributed by atoms with Gasteiger partial charge in [0.15, 0.2) is 0 Å². The quantitative estimate of drug-likeness (QED) is 0.818. The van der Waals surface area contributed by atoms with Gasteiger partial charge in [0.05, 0.1) is 6.42 Å². The van der Waals surface area contributed by atoms with Gasteiger partial charge in [-0.3, -0.25) is 15.0 Å². The van der Waals surface area contributed by atoms with E-state index in [4.69, 9.17) is 5.11 Å². The largest absolute Gasteiger partial charge is 0.481 e. The maximum atomic E-state index is 11.7. The SMILES string of the molecule is CC1C(C)(C)CN(NC(=O)CCC(=O)O)CC1(C)C. The van der Waals surface area contributed by atoms with Crippen molar-refractivity contribution in [3.05, 3.63) is 0 Å². The molecule has 0 aromatic carbocycles. The molecule has 1 rings (SSSR count). The molecule has 0 bridgehead atoms. The number of carbonyl (C=O) groups excluding carboxylic acids is 1. The number of carbonyl (C=O) groups is 2. The van der Waals surface area contributed by atoms with Gasteiger partial charge in [-0.05, 0) is 16.7 Å². The molecule has 5 heteroatoms. The van der Waals surface area contributed by atoms with Gasteiger partial charge >= 0.3 is 5.97 Å². The Kier molecular flexibility index (Phi) is 4.61. The summed E-state index contributed by atoms with van der Waals surface area (Å²) in [5.74, 6) is -0.612. The van der Waals surface area contributed by atoms with E-state index in [1.165, 1.54) is 0 Å². The molecular weight excluding hydrogens is 244 g/mol. The summed E-state index contributed by atoms with van der Waals surface area (Å²) in [6, 6.07) is 0. The van der Waals surface area contributed by atoms with E-state index in [0.29, 0.717) is 5.92 Å². The van der Waals surface area contributed by atoms with Crippen LogP contribution in [0.4, 0.5) is 0 Å². The van der Waals surface area contributed by atoms with Crippen molar-refractivity contribution in [1.29, 1.82) is 0 Å². The van der Waals surface area contributed by atoms with E-state index < -0.39 is 5.97 Å². The lowest BCUT2D eigenvalue weighted by molar-refractivity contribution is -0.141. The molecule has 0 radical (unpaired) electrons. The maximum Gasteiger partial charge on any atom is 0.303 e. The van der Waals surface area contributed by atoms with Crippen LogP contribution in [-0.2, 0) is 9.59 Å². The van der Waals surface area contributed by atoms with Crippen LogP contribution in [0, 0.1) is 16.7 Å². The number of carboxylic acids is 1. The summed E-state index contributed by atoms with van der Waals surface area (Å²) >= 11 is 0. The first-order valence-corrected chi connectivity index (χ1v) is 6.81. The summed E-state index contributed by atoms with van der Waals surface area (Å²) in [7, 11) is 0. The van der Waals surface area contributed by atoms with Crippen LogP contribution in [0.5, 0.6) is 0 Å². The fourth-order valence-corrected chi connectivity index (χ4v) is 2.90. The Labute approximate surface area is 115 Å². The lowest BCUT2D eigenvalue weighted by atomic mass is 9.63. The highest BCUT2D eigenvalue weighted by molar-refractivity contribution is 5.80. The number of hydrogen-bond donors (Lipinski definition) is 2. The van der Waals surface area contributed by atoms with Gasteiger partial charge in [-0.1, -0.05) is 34.6 Å². The minimum atomic E-state index is -0.942. The third-order valence-corrected chi connectivity index (χ3v) is 4.39. The van der Waals surface area contributed by atoms with Gasteiger partial charge in [0, 0.05) is 19.5 Å². The number of nitrogens with one attached hydrogen (secondary N) is 1. The molecule has 0 aliphatic carbocycles. The molecule has 0 unspecified atom stereocenters. The Hall–Kier alpha value is -1.10. The first-order valence-electron chi connectivity index (χ1n) is 6.81. The molecule has 110 valence electrons. The maximum absolute atomic E-state index is 11.7. The molecule has 0 aromatic heterocycles. The molecular formula is C14H26N2O3. The van der Waals surface area contributed by atoms with E-state index in [0.717, 1.165) is 13.1 Å². The van der Waals surface area contributed by atoms with E-state index in [1.807, 2.05) is 5.01 Å². The Morgan fingerprint density at radius 3 is 2.05 bits per heavy atom. The highest BCUT2D eigenvalue weighted by atomic mass is 16.4.